The van der Waals surface area contributed by atoms with Gasteiger partial charge in [-0.15, -0.1) is 0 Å². The maximum atomic E-state index is 13.1. The molecule has 1 fully saturated rings. The van der Waals surface area contributed by atoms with E-state index >= 15 is 0 Å². The second kappa shape index (κ2) is 20.4. The molecule has 0 bridgehead atoms. The first kappa shape index (κ1) is 44.2. The van der Waals surface area contributed by atoms with E-state index in [4.69, 9.17) is 45.3 Å². The lowest BCUT2D eigenvalue weighted by atomic mass is 9.93. The van der Waals surface area contributed by atoms with Crippen molar-refractivity contribution in [3.63, 3.8) is 0 Å². The van der Waals surface area contributed by atoms with E-state index in [0.717, 1.165) is 55.0 Å². The molecule has 8 rings (SSSR count). The van der Waals surface area contributed by atoms with E-state index < -0.39 is 12.1 Å². The Morgan fingerprint density at radius 1 is 0.891 bits per heavy atom. The van der Waals surface area contributed by atoms with Crippen LogP contribution < -0.4 is 23.7 Å². The van der Waals surface area contributed by atoms with E-state index in [1.807, 2.05) is 80.6 Å². The summed E-state index contributed by atoms with van der Waals surface area (Å²) in [5, 5.41) is 11.7. The molecule has 4 aromatic heterocycles. The Morgan fingerprint density at radius 3 is 2.47 bits per heavy atom. The molecule has 330 valence electrons. The standard InChI is InChI=1S/C48H48ClN7O7S/c1-5-60-41-27-32(16-18-50-41)45-42(34-14-15-38(44(49)30(34)2)61-25-24-56-22-20-55(3)21-23-56)43-40(28-52-45)64-54-47(43)63-39(48(57)58)26-31-10-6-8-12-36(31)62-29-33-17-19-51-46(53-33)35-11-7-9-13-37(35)59-4/h6-19,27-28,39H,5,20-26,29H2,1-4H3,(H,57,58)/t39-/m1/s1. The summed E-state index contributed by atoms with van der Waals surface area (Å²) in [4.78, 5) is 36.3. The second-order valence-electron chi connectivity index (χ2n) is 15.2. The fourth-order valence-corrected chi connectivity index (χ4v) is 8.49. The van der Waals surface area contributed by atoms with Crippen LogP contribution in [-0.2, 0) is 17.8 Å². The van der Waals surface area contributed by atoms with Gasteiger partial charge in [-0.05, 0) is 85.5 Å². The third-order valence-corrected chi connectivity index (χ3v) is 12.2. The summed E-state index contributed by atoms with van der Waals surface area (Å²) in [6, 6.07) is 24.1. The van der Waals surface area contributed by atoms with Crippen molar-refractivity contribution in [1.82, 2.24) is 34.1 Å². The first-order valence-electron chi connectivity index (χ1n) is 21.0. The van der Waals surface area contributed by atoms with Crippen LogP contribution in [0.25, 0.3) is 43.9 Å². The number of benzene rings is 3. The number of hydrogen-bond acceptors (Lipinski definition) is 14. The van der Waals surface area contributed by atoms with Crippen LogP contribution in [0.5, 0.6) is 29.0 Å². The van der Waals surface area contributed by atoms with Gasteiger partial charge in [0.05, 0.1) is 45.8 Å². The smallest absolute Gasteiger partial charge is 0.345 e. The maximum absolute atomic E-state index is 13.1. The number of ether oxygens (including phenoxy) is 5. The molecule has 64 heavy (non-hydrogen) atoms. The van der Waals surface area contributed by atoms with Crippen molar-refractivity contribution in [2.75, 3.05) is 60.1 Å². The van der Waals surface area contributed by atoms with E-state index in [1.54, 1.807) is 37.8 Å². The van der Waals surface area contributed by atoms with Crippen molar-refractivity contribution in [2.24, 2.45) is 0 Å². The molecule has 0 saturated carbocycles. The molecule has 0 aliphatic carbocycles. The van der Waals surface area contributed by atoms with Crippen molar-refractivity contribution in [1.29, 1.82) is 0 Å². The number of piperazine rings is 1. The number of nitrogens with zero attached hydrogens (tertiary/aromatic N) is 7. The van der Waals surface area contributed by atoms with E-state index in [1.165, 1.54) is 11.5 Å². The number of para-hydroxylation sites is 2. The van der Waals surface area contributed by atoms with Crippen molar-refractivity contribution in [3.8, 4) is 62.8 Å². The quantitative estimate of drug-likeness (QED) is 0.0875. The number of hydrogen-bond donors (Lipinski definition) is 1. The molecule has 0 radical (unpaired) electrons. The van der Waals surface area contributed by atoms with Crippen LogP contribution in [0.3, 0.4) is 0 Å². The molecule has 1 atom stereocenters. The van der Waals surface area contributed by atoms with Crippen molar-refractivity contribution in [2.45, 2.75) is 33.0 Å². The summed E-state index contributed by atoms with van der Waals surface area (Å²) in [6.45, 7) is 9.68. The van der Waals surface area contributed by atoms with Gasteiger partial charge in [-0.1, -0.05) is 48.0 Å². The van der Waals surface area contributed by atoms with Crippen LogP contribution in [0.2, 0.25) is 5.02 Å². The van der Waals surface area contributed by atoms with Crippen LogP contribution in [0, 0.1) is 6.92 Å². The number of methoxy groups -OCH3 is 1. The fraction of sp³-hybridized carbons (Fsp3) is 0.292. The Kier molecular flexibility index (Phi) is 14.1. The highest BCUT2D eigenvalue weighted by molar-refractivity contribution is 7.13. The molecule has 1 saturated heterocycles. The molecule has 0 unspecified atom stereocenters. The number of likely N-dealkylation sites (N-methyl/N-ethyl adjacent to an activating group) is 1. The van der Waals surface area contributed by atoms with Gasteiger partial charge in [0.1, 0.15) is 30.5 Å². The van der Waals surface area contributed by atoms with Gasteiger partial charge in [-0.3, -0.25) is 9.88 Å². The van der Waals surface area contributed by atoms with Crippen LogP contribution >= 0.6 is 23.1 Å². The van der Waals surface area contributed by atoms with Gasteiger partial charge in [-0.2, -0.15) is 4.37 Å². The largest absolute Gasteiger partial charge is 0.496 e. The van der Waals surface area contributed by atoms with E-state index in [2.05, 4.69) is 31.2 Å². The molecular weight excluding hydrogens is 854 g/mol. The normalized spacial score (nSPS) is 13.7. The van der Waals surface area contributed by atoms with Gasteiger partial charge in [0.2, 0.25) is 17.9 Å². The van der Waals surface area contributed by atoms with E-state index in [0.29, 0.717) is 79.8 Å². The highest BCUT2D eigenvalue weighted by Gasteiger charge is 2.28. The summed E-state index contributed by atoms with van der Waals surface area (Å²) >= 11 is 8.29. The molecule has 0 spiro atoms. The zero-order valence-corrected chi connectivity index (χ0v) is 37.6. The number of carbonyl (C=O) groups is 1. The fourth-order valence-electron chi connectivity index (χ4n) is 7.57. The van der Waals surface area contributed by atoms with Crippen molar-refractivity contribution < 1.29 is 33.6 Å². The lowest BCUT2D eigenvalue weighted by molar-refractivity contribution is -0.145. The number of carboxylic acids is 1. The van der Waals surface area contributed by atoms with Gasteiger partial charge >= 0.3 is 5.97 Å². The number of fused-ring (bicyclic) bond motifs is 1. The molecule has 7 aromatic rings. The predicted octanol–water partition coefficient (Wildman–Crippen LogP) is 8.53. The van der Waals surface area contributed by atoms with Gasteiger partial charge in [0, 0.05) is 74.9 Å². The molecule has 1 aliphatic heterocycles. The Hall–Kier alpha value is -6.39. The highest BCUT2D eigenvalue weighted by Crippen LogP contribution is 2.46. The zero-order chi connectivity index (χ0) is 44.6. The van der Waals surface area contributed by atoms with Gasteiger partial charge in [-0.25, -0.2) is 19.7 Å². The molecule has 1 N–H and O–H groups in total. The van der Waals surface area contributed by atoms with Crippen LogP contribution in [0.15, 0.2) is 97.5 Å². The number of pyridine rings is 2. The molecule has 3 aromatic carbocycles. The molecular formula is C48H48ClN7O7S. The van der Waals surface area contributed by atoms with Crippen LogP contribution in [0.4, 0.5) is 0 Å². The SMILES string of the molecule is CCOc1cc(-c2ncc3snc(O[C@H](Cc4ccccc4OCc4ccnc(-c5ccccc5OC)n4)C(=O)O)c3c2-c2ccc(OCCN3CCN(C)CC3)c(Cl)c2C)ccn1. The summed E-state index contributed by atoms with van der Waals surface area (Å²) in [6.07, 6.45) is 3.68. The molecule has 16 heteroatoms. The number of aliphatic carboxylic acids is 1. The Morgan fingerprint density at radius 2 is 1.67 bits per heavy atom. The number of rotatable bonds is 18. The van der Waals surface area contributed by atoms with Gasteiger partial charge in [0.15, 0.2) is 5.82 Å². The van der Waals surface area contributed by atoms with Crippen LogP contribution in [-0.4, -0.2) is 111 Å². The molecule has 0 amide bonds. The molecule has 14 nitrogen and oxygen atoms in total. The summed E-state index contributed by atoms with van der Waals surface area (Å²) < 4.78 is 35.7. The topological polar surface area (TPSA) is 154 Å². The van der Waals surface area contributed by atoms with Gasteiger partial charge < -0.3 is 33.7 Å². The molecule has 1 aliphatic rings. The summed E-state index contributed by atoms with van der Waals surface area (Å²) in [5.41, 5.74) is 5.51. The number of halogens is 1. The number of carboxylic acid groups (broad SMARTS) is 1. The minimum atomic E-state index is -1.35. The second-order valence-corrected chi connectivity index (χ2v) is 16.4. The first-order chi connectivity index (χ1) is 31.2. The van der Waals surface area contributed by atoms with E-state index in [9.17, 15) is 9.90 Å². The Labute approximate surface area is 380 Å². The summed E-state index contributed by atoms with van der Waals surface area (Å²) in [7, 11) is 3.74. The zero-order valence-electron chi connectivity index (χ0n) is 36.0. The lowest BCUT2D eigenvalue weighted by Crippen LogP contribution is -2.45. The number of aromatic nitrogens is 5. The maximum Gasteiger partial charge on any atom is 0.345 e. The lowest BCUT2D eigenvalue weighted by Gasteiger charge is -2.32. The third kappa shape index (κ3) is 10.0. The summed E-state index contributed by atoms with van der Waals surface area (Å²) in [5.74, 6) is 1.63. The average molecular weight is 902 g/mol. The van der Waals surface area contributed by atoms with Gasteiger partial charge in [0.25, 0.3) is 0 Å². The van der Waals surface area contributed by atoms with Crippen LogP contribution in [0.1, 0.15) is 23.7 Å². The van der Waals surface area contributed by atoms with Crippen molar-refractivity contribution >= 4 is 39.2 Å². The highest BCUT2D eigenvalue weighted by atomic mass is 35.5. The Balaban J connectivity index is 1.10. The predicted molar refractivity (Wildman–Crippen MR) is 247 cm³/mol. The average Bonchev–Trinajstić information content (AvgIpc) is 3.73. The minimum absolute atomic E-state index is 0.0267. The first-order valence-corrected chi connectivity index (χ1v) is 22.1. The third-order valence-electron chi connectivity index (χ3n) is 11.0. The van der Waals surface area contributed by atoms with E-state index in [-0.39, 0.29) is 18.9 Å². The molecule has 5 heterocycles. The minimum Gasteiger partial charge on any atom is -0.496 e. The Bertz CT molecular complexity index is 2750. The monoisotopic (exact) mass is 901 g/mol. The van der Waals surface area contributed by atoms with Crippen molar-refractivity contribution in [3.05, 3.63) is 119 Å².